The number of benzene rings is 2. The number of halogens is 4. The normalized spacial score (nSPS) is 11.5. The van der Waals surface area contributed by atoms with Crippen molar-refractivity contribution in [3.8, 4) is 23.0 Å². The monoisotopic (exact) mass is 430 g/mol. The fourth-order valence-electron chi connectivity index (χ4n) is 2.35. The first-order valence-corrected chi connectivity index (χ1v) is 8.31. The lowest BCUT2D eigenvalue weighted by Gasteiger charge is -2.17. The summed E-state index contributed by atoms with van der Waals surface area (Å²) in [6.45, 7) is 0. The third kappa shape index (κ3) is 5.31. The molecule has 0 saturated carbocycles. The van der Waals surface area contributed by atoms with Crippen LogP contribution in [0.5, 0.6) is 23.0 Å². The third-order valence-electron chi connectivity index (χ3n) is 3.71. The van der Waals surface area contributed by atoms with Gasteiger partial charge in [0.2, 0.25) is 5.75 Å². The van der Waals surface area contributed by atoms with Crippen LogP contribution in [0.15, 0.2) is 41.5 Å². The second-order valence-electron chi connectivity index (χ2n) is 5.62. The molecule has 0 radical (unpaired) electrons. The highest BCUT2D eigenvalue weighted by molar-refractivity contribution is 5.95. The number of hydrazone groups is 1. The van der Waals surface area contributed by atoms with Crippen LogP contribution < -0.4 is 24.4 Å². The highest BCUT2D eigenvalue weighted by Gasteiger charge is 2.44. The number of nitrogens with one attached hydrogen (secondary N) is 1. The number of amides is 1. The van der Waals surface area contributed by atoms with E-state index in [1.165, 1.54) is 39.7 Å². The molecule has 0 spiro atoms. The van der Waals surface area contributed by atoms with Crippen molar-refractivity contribution in [1.29, 1.82) is 0 Å². The summed E-state index contributed by atoms with van der Waals surface area (Å²) >= 11 is 0. The Labute approximate surface area is 169 Å². The first-order chi connectivity index (χ1) is 14.2. The molecule has 0 heterocycles. The van der Waals surface area contributed by atoms with Gasteiger partial charge in [-0.15, -0.1) is 0 Å². The number of ether oxygens (including phenoxy) is 4. The van der Waals surface area contributed by atoms with Gasteiger partial charge in [-0.1, -0.05) is 6.07 Å². The van der Waals surface area contributed by atoms with Crippen molar-refractivity contribution in [3.63, 3.8) is 0 Å². The molecule has 0 fully saturated rings. The smallest absolute Gasteiger partial charge is 0.461 e. The molecule has 30 heavy (non-hydrogen) atoms. The first kappa shape index (κ1) is 22.8. The molecule has 0 unspecified atom stereocenters. The van der Waals surface area contributed by atoms with Crippen molar-refractivity contribution in [2.75, 3.05) is 21.3 Å². The first-order valence-electron chi connectivity index (χ1n) is 8.31. The SMILES string of the molecule is COc1ccc(/C=N\NC(=O)c2cccc(OC(F)(F)C(F)F)c2)c(OC)c1OC. The Balaban J connectivity index is 2.15. The van der Waals surface area contributed by atoms with Gasteiger partial charge in [-0.2, -0.15) is 22.7 Å². The zero-order valence-electron chi connectivity index (χ0n) is 16.1. The van der Waals surface area contributed by atoms with Crippen molar-refractivity contribution < 1.29 is 41.3 Å². The summed E-state index contributed by atoms with van der Waals surface area (Å²) in [7, 11) is 4.30. The van der Waals surface area contributed by atoms with Crippen LogP contribution in [0.2, 0.25) is 0 Å². The van der Waals surface area contributed by atoms with Crippen molar-refractivity contribution >= 4 is 12.1 Å². The van der Waals surface area contributed by atoms with Crippen molar-refractivity contribution in [1.82, 2.24) is 5.43 Å². The number of rotatable bonds is 9. The number of methoxy groups -OCH3 is 3. The van der Waals surface area contributed by atoms with Crippen LogP contribution in [0.1, 0.15) is 15.9 Å². The number of hydrogen-bond acceptors (Lipinski definition) is 6. The molecule has 0 aromatic heterocycles. The summed E-state index contributed by atoms with van der Waals surface area (Å²) in [4.78, 5) is 12.2. The van der Waals surface area contributed by atoms with Gasteiger partial charge in [0.1, 0.15) is 5.75 Å². The van der Waals surface area contributed by atoms with Gasteiger partial charge in [0.15, 0.2) is 11.5 Å². The van der Waals surface area contributed by atoms with E-state index in [0.29, 0.717) is 22.8 Å². The molecule has 11 heteroatoms. The van der Waals surface area contributed by atoms with Gasteiger partial charge in [0.25, 0.3) is 5.91 Å². The number of carbonyl (C=O) groups is 1. The summed E-state index contributed by atoms with van der Waals surface area (Å²) in [6, 6.07) is 7.59. The van der Waals surface area contributed by atoms with E-state index in [0.717, 1.165) is 12.1 Å². The second-order valence-corrected chi connectivity index (χ2v) is 5.62. The zero-order chi connectivity index (χ0) is 22.3. The number of hydrogen-bond donors (Lipinski definition) is 1. The predicted octanol–water partition coefficient (Wildman–Crippen LogP) is 3.71. The van der Waals surface area contributed by atoms with Gasteiger partial charge < -0.3 is 18.9 Å². The average molecular weight is 430 g/mol. The largest absolute Gasteiger partial charge is 0.493 e. The molecular weight excluding hydrogens is 412 g/mol. The Hall–Kier alpha value is -3.50. The quantitative estimate of drug-likeness (QED) is 0.373. The maximum absolute atomic E-state index is 13.0. The molecular formula is C19H18F4N2O5. The van der Waals surface area contributed by atoms with E-state index in [1.54, 1.807) is 12.1 Å². The predicted molar refractivity (Wildman–Crippen MR) is 99.2 cm³/mol. The Kier molecular flexibility index (Phi) is 7.45. The van der Waals surface area contributed by atoms with E-state index in [-0.39, 0.29) is 5.56 Å². The van der Waals surface area contributed by atoms with E-state index in [9.17, 15) is 22.4 Å². The highest BCUT2D eigenvalue weighted by Crippen LogP contribution is 2.39. The second kappa shape index (κ2) is 9.81. The molecule has 0 aliphatic heterocycles. The van der Waals surface area contributed by atoms with Crippen molar-refractivity contribution in [3.05, 3.63) is 47.5 Å². The summed E-state index contributed by atoms with van der Waals surface area (Å²) in [6.07, 6.45) is -7.43. The minimum absolute atomic E-state index is 0.131. The highest BCUT2D eigenvalue weighted by atomic mass is 19.3. The van der Waals surface area contributed by atoms with Gasteiger partial charge in [-0.25, -0.2) is 5.43 Å². The molecule has 0 atom stereocenters. The maximum Gasteiger partial charge on any atom is 0.461 e. The van der Waals surface area contributed by atoms with Crippen LogP contribution in [0.3, 0.4) is 0 Å². The van der Waals surface area contributed by atoms with Gasteiger partial charge in [-0.05, 0) is 30.3 Å². The number of carbonyl (C=O) groups excluding carboxylic acids is 1. The van der Waals surface area contributed by atoms with Crippen molar-refractivity contribution in [2.45, 2.75) is 12.5 Å². The van der Waals surface area contributed by atoms with Crippen LogP contribution in [0.25, 0.3) is 0 Å². The fraction of sp³-hybridized carbons (Fsp3) is 0.263. The lowest BCUT2D eigenvalue weighted by Crippen LogP contribution is -2.33. The Morgan fingerprint density at radius 3 is 2.37 bits per heavy atom. The van der Waals surface area contributed by atoms with E-state index >= 15 is 0 Å². The molecule has 2 aromatic carbocycles. The van der Waals surface area contributed by atoms with Crippen LogP contribution in [0, 0.1) is 0 Å². The number of alkyl halides is 4. The average Bonchev–Trinajstić information content (AvgIpc) is 2.72. The minimum atomic E-state index is -4.68. The lowest BCUT2D eigenvalue weighted by atomic mass is 10.2. The zero-order valence-corrected chi connectivity index (χ0v) is 16.1. The third-order valence-corrected chi connectivity index (χ3v) is 3.71. The van der Waals surface area contributed by atoms with Crippen LogP contribution in [-0.2, 0) is 0 Å². The van der Waals surface area contributed by atoms with Gasteiger partial charge in [0, 0.05) is 11.1 Å². The summed E-state index contributed by atoms with van der Waals surface area (Å²) in [5.74, 6) is -0.331. The van der Waals surface area contributed by atoms with Crippen LogP contribution in [-0.4, -0.2) is 46.0 Å². The number of nitrogens with zero attached hydrogens (tertiary/aromatic N) is 1. The van der Waals surface area contributed by atoms with E-state index in [2.05, 4.69) is 15.3 Å². The standard InChI is InChI=1S/C19H18F4N2O5/c1-27-14-8-7-12(15(28-2)16(14)29-3)10-24-25-17(26)11-5-4-6-13(9-11)30-19(22,23)18(20)21/h4-10,18H,1-3H3,(H,25,26)/b24-10-. The summed E-state index contributed by atoms with van der Waals surface area (Å²) < 4.78 is 70.2. The minimum Gasteiger partial charge on any atom is -0.493 e. The summed E-state index contributed by atoms with van der Waals surface area (Å²) in [5, 5.41) is 3.78. The van der Waals surface area contributed by atoms with Gasteiger partial charge >= 0.3 is 12.5 Å². The Morgan fingerprint density at radius 1 is 1.07 bits per heavy atom. The fourth-order valence-corrected chi connectivity index (χ4v) is 2.35. The maximum atomic E-state index is 13.0. The summed E-state index contributed by atoms with van der Waals surface area (Å²) in [5.41, 5.74) is 2.51. The molecule has 1 amide bonds. The van der Waals surface area contributed by atoms with Crippen LogP contribution >= 0.6 is 0 Å². The molecule has 2 rings (SSSR count). The van der Waals surface area contributed by atoms with Gasteiger partial charge in [-0.3, -0.25) is 4.79 Å². The Morgan fingerprint density at radius 2 is 1.77 bits per heavy atom. The van der Waals surface area contributed by atoms with E-state index in [4.69, 9.17) is 14.2 Å². The van der Waals surface area contributed by atoms with Crippen LogP contribution in [0.4, 0.5) is 17.6 Å². The molecule has 0 aliphatic carbocycles. The molecule has 0 bridgehead atoms. The molecule has 1 N–H and O–H groups in total. The molecule has 7 nitrogen and oxygen atoms in total. The molecule has 0 aliphatic rings. The molecule has 0 saturated heterocycles. The van der Waals surface area contributed by atoms with E-state index in [1.807, 2.05) is 0 Å². The van der Waals surface area contributed by atoms with E-state index < -0.39 is 24.2 Å². The van der Waals surface area contributed by atoms with Crippen molar-refractivity contribution in [2.24, 2.45) is 5.10 Å². The Bertz CT molecular complexity index is 922. The molecule has 162 valence electrons. The topological polar surface area (TPSA) is 78.4 Å². The lowest BCUT2D eigenvalue weighted by molar-refractivity contribution is -0.253. The molecule has 2 aromatic rings. The van der Waals surface area contributed by atoms with Gasteiger partial charge in [0.05, 0.1) is 27.5 Å².